The monoisotopic (exact) mass is 343 g/mol. The molecule has 1 aliphatic rings. The van der Waals surface area contributed by atoms with Crippen molar-refractivity contribution >= 4 is 29.3 Å². The summed E-state index contributed by atoms with van der Waals surface area (Å²) in [7, 11) is 1.40. The zero-order valence-corrected chi connectivity index (χ0v) is 14.0. The number of hydrogen-bond donors (Lipinski definition) is 1. The number of para-hydroxylation sites is 1. The highest BCUT2D eigenvalue weighted by atomic mass is 32.2. The molecule has 0 radical (unpaired) electrons. The highest BCUT2D eigenvalue weighted by Crippen LogP contribution is 2.34. The maximum Gasteiger partial charge on any atom is 0.339 e. The molecule has 1 heterocycles. The predicted molar refractivity (Wildman–Crippen MR) is 93.4 cm³/mol. The molecule has 0 saturated heterocycles. The Labute approximate surface area is 144 Å². The van der Waals surface area contributed by atoms with Gasteiger partial charge in [0.1, 0.15) is 11.3 Å². The summed E-state index contributed by atoms with van der Waals surface area (Å²) in [5, 5.41) is 9.16. The number of aromatic carboxylic acids is 1. The minimum Gasteiger partial charge on any atom is -0.496 e. The molecule has 6 heteroatoms. The second kappa shape index (κ2) is 6.97. The van der Waals surface area contributed by atoms with E-state index in [1.54, 1.807) is 16.7 Å². The van der Waals surface area contributed by atoms with Crippen molar-refractivity contribution < 1.29 is 19.4 Å². The average molecular weight is 343 g/mol. The first-order valence-corrected chi connectivity index (χ1v) is 8.55. The van der Waals surface area contributed by atoms with Crippen molar-refractivity contribution in [2.75, 3.05) is 24.3 Å². The standard InChI is InChI=1S/C18H17NO4S/c1-23-15-11-12(7-8-13(15)18(21)22)17(20)19-9-4-10-24-16-6-3-2-5-14(16)19/h2-3,5-8,11H,4,9-10H2,1H3,(H,21,22). The van der Waals surface area contributed by atoms with Crippen molar-refractivity contribution in [3.05, 3.63) is 53.6 Å². The van der Waals surface area contributed by atoms with E-state index in [2.05, 4.69) is 0 Å². The number of amides is 1. The fraction of sp³-hybridized carbons (Fsp3) is 0.222. The van der Waals surface area contributed by atoms with Crippen LogP contribution in [0.25, 0.3) is 0 Å². The lowest BCUT2D eigenvalue weighted by Crippen LogP contribution is -2.31. The second-order valence-electron chi connectivity index (χ2n) is 5.35. The number of benzene rings is 2. The Morgan fingerprint density at radius 3 is 2.75 bits per heavy atom. The van der Waals surface area contributed by atoms with E-state index < -0.39 is 5.97 Å². The van der Waals surface area contributed by atoms with E-state index >= 15 is 0 Å². The third-order valence-corrected chi connectivity index (χ3v) is 5.01. The van der Waals surface area contributed by atoms with Crippen LogP contribution >= 0.6 is 11.8 Å². The second-order valence-corrected chi connectivity index (χ2v) is 6.48. The molecule has 1 N–H and O–H groups in total. The van der Waals surface area contributed by atoms with Crippen molar-refractivity contribution in [3.63, 3.8) is 0 Å². The number of nitrogens with zero attached hydrogens (tertiary/aromatic N) is 1. The van der Waals surface area contributed by atoms with E-state index in [0.717, 1.165) is 22.8 Å². The van der Waals surface area contributed by atoms with Crippen LogP contribution in [-0.2, 0) is 0 Å². The van der Waals surface area contributed by atoms with Crippen molar-refractivity contribution in [1.82, 2.24) is 0 Å². The zero-order valence-electron chi connectivity index (χ0n) is 13.2. The maximum atomic E-state index is 13.0. The summed E-state index contributed by atoms with van der Waals surface area (Å²) in [6.45, 7) is 0.631. The van der Waals surface area contributed by atoms with Crippen LogP contribution in [0.4, 0.5) is 5.69 Å². The molecular weight excluding hydrogens is 326 g/mol. The van der Waals surface area contributed by atoms with Crippen LogP contribution in [0.5, 0.6) is 5.75 Å². The predicted octanol–water partition coefficient (Wildman–Crippen LogP) is 3.54. The topological polar surface area (TPSA) is 66.8 Å². The van der Waals surface area contributed by atoms with Gasteiger partial charge in [-0.25, -0.2) is 4.79 Å². The van der Waals surface area contributed by atoms with Crippen LogP contribution in [-0.4, -0.2) is 36.4 Å². The molecule has 124 valence electrons. The summed E-state index contributed by atoms with van der Waals surface area (Å²) >= 11 is 1.74. The van der Waals surface area contributed by atoms with Gasteiger partial charge in [-0.05, 0) is 42.5 Å². The van der Waals surface area contributed by atoms with Crippen LogP contribution in [0, 0.1) is 0 Å². The first kappa shape index (κ1) is 16.4. The molecule has 0 aromatic heterocycles. The van der Waals surface area contributed by atoms with Gasteiger partial charge in [-0.3, -0.25) is 4.79 Å². The summed E-state index contributed by atoms with van der Waals surface area (Å²) in [6, 6.07) is 12.3. The van der Waals surface area contributed by atoms with Gasteiger partial charge in [-0.2, -0.15) is 0 Å². The Hall–Kier alpha value is -2.47. The third kappa shape index (κ3) is 3.10. The van der Waals surface area contributed by atoms with Gasteiger partial charge in [-0.15, -0.1) is 11.8 Å². The largest absolute Gasteiger partial charge is 0.496 e. The van der Waals surface area contributed by atoms with Gasteiger partial charge < -0.3 is 14.7 Å². The molecule has 24 heavy (non-hydrogen) atoms. The van der Waals surface area contributed by atoms with E-state index in [-0.39, 0.29) is 17.2 Å². The molecule has 3 rings (SSSR count). The quantitative estimate of drug-likeness (QED) is 0.923. The molecule has 0 aliphatic carbocycles. The average Bonchev–Trinajstić information content (AvgIpc) is 2.82. The Morgan fingerprint density at radius 2 is 2.00 bits per heavy atom. The van der Waals surface area contributed by atoms with Gasteiger partial charge >= 0.3 is 5.97 Å². The molecule has 0 fully saturated rings. The van der Waals surface area contributed by atoms with Crippen LogP contribution in [0.1, 0.15) is 27.1 Å². The Bertz CT molecular complexity index is 790. The van der Waals surface area contributed by atoms with Crippen molar-refractivity contribution in [1.29, 1.82) is 0 Å². The van der Waals surface area contributed by atoms with Crippen molar-refractivity contribution in [2.45, 2.75) is 11.3 Å². The number of anilines is 1. The Morgan fingerprint density at radius 1 is 1.21 bits per heavy atom. The van der Waals surface area contributed by atoms with Gasteiger partial charge in [-0.1, -0.05) is 12.1 Å². The number of ether oxygens (including phenoxy) is 1. The van der Waals surface area contributed by atoms with Crippen molar-refractivity contribution in [2.24, 2.45) is 0 Å². The molecule has 1 aliphatic heterocycles. The van der Waals surface area contributed by atoms with Gasteiger partial charge in [0.2, 0.25) is 0 Å². The lowest BCUT2D eigenvalue weighted by atomic mass is 10.1. The van der Waals surface area contributed by atoms with Crippen molar-refractivity contribution in [3.8, 4) is 5.75 Å². The van der Waals surface area contributed by atoms with E-state index in [1.165, 1.54) is 25.3 Å². The molecule has 0 bridgehead atoms. The van der Waals surface area contributed by atoms with E-state index in [0.29, 0.717) is 12.1 Å². The third-order valence-electron chi connectivity index (χ3n) is 3.86. The maximum absolute atomic E-state index is 13.0. The summed E-state index contributed by atoms with van der Waals surface area (Å²) in [6.07, 6.45) is 0.898. The molecule has 5 nitrogen and oxygen atoms in total. The fourth-order valence-corrected chi connectivity index (χ4v) is 3.69. The number of hydrogen-bond acceptors (Lipinski definition) is 4. The number of fused-ring (bicyclic) bond motifs is 1. The van der Waals surface area contributed by atoms with E-state index in [4.69, 9.17) is 9.84 Å². The minimum atomic E-state index is -1.08. The lowest BCUT2D eigenvalue weighted by Gasteiger charge is -2.23. The molecule has 0 unspecified atom stereocenters. The van der Waals surface area contributed by atoms with Crippen LogP contribution in [0.3, 0.4) is 0 Å². The molecule has 0 saturated carbocycles. The first-order valence-electron chi connectivity index (χ1n) is 7.57. The number of methoxy groups -OCH3 is 1. The van der Waals surface area contributed by atoms with Gasteiger partial charge in [0.15, 0.2) is 0 Å². The number of rotatable bonds is 3. The number of carboxylic acid groups (broad SMARTS) is 1. The summed E-state index contributed by atoms with van der Waals surface area (Å²) < 4.78 is 5.12. The Kier molecular flexibility index (Phi) is 4.76. The number of thioether (sulfide) groups is 1. The summed E-state index contributed by atoms with van der Waals surface area (Å²) in [4.78, 5) is 27.0. The van der Waals surface area contributed by atoms with Crippen LogP contribution < -0.4 is 9.64 Å². The molecule has 0 spiro atoms. The molecular formula is C18H17NO4S. The Balaban J connectivity index is 1.99. The molecule has 2 aromatic rings. The number of carbonyl (C=O) groups is 2. The smallest absolute Gasteiger partial charge is 0.339 e. The molecule has 0 atom stereocenters. The van der Waals surface area contributed by atoms with Gasteiger partial charge in [0.25, 0.3) is 5.91 Å². The zero-order chi connectivity index (χ0) is 17.1. The lowest BCUT2D eigenvalue weighted by molar-refractivity contribution is 0.0692. The summed E-state index contributed by atoms with van der Waals surface area (Å²) in [5.74, 6) is -0.0874. The van der Waals surface area contributed by atoms with E-state index in [9.17, 15) is 9.59 Å². The summed E-state index contributed by atoms with van der Waals surface area (Å²) in [5.41, 5.74) is 1.35. The number of carbonyl (C=O) groups excluding carboxylic acids is 1. The van der Waals surface area contributed by atoms with Crippen LogP contribution in [0.2, 0.25) is 0 Å². The first-order chi connectivity index (χ1) is 11.6. The SMILES string of the molecule is COc1cc(C(=O)N2CCCSc3ccccc32)ccc1C(=O)O. The van der Waals surface area contributed by atoms with E-state index in [1.807, 2.05) is 24.3 Å². The number of carboxylic acids is 1. The fourth-order valence-electron chi connectivity index (χ4n) is 2.70. The van der Waals surface area contributed by atoms with Crippen LogP contribution in [0.15, 0.2) is 47.4 Å². The molecule has 2 aromatic carbocycles. The highest BCUT2D eigenvalue weighted by Gasteiger charge is 2.24. The molecule has 1 amide bonds. The normalized spacial score (nSPS) is 13.8. The van der Waals surface area contributed by atoms with Gasteiger partial charge in [0.05, 0.1) is 12.8 Å². The highest BCUT2D eigenvalue weighted by molar-refractivity contribution is 7.99. The minimum absolute atomic E-state index is 0.0425. The van der Waals surface area contributed by atoms with Gasteiger partial charge in [0, 0.05) is 17.0 Å².